The highest BCUT2D eigenvalue weighted by molar-refractivity contribution is 5.78. The van der Waals surface area contributed by atoms with Gasteiger partial charge in [-0.15, -0.1) is 0 Å². The van der Waals surface area contributed by atoms with Crippen molar-refractivity contribution < 1.29 is 9.59 Å². The molecule has 1 aromatic carbocycles. The number of nitrogens with one attached hydrogen (secondary N) is 1. The Balaban J connectivity index is 1.42. The van der Waals surface area contributed by atoms with Crippen LogP contribution in [0.4, 0.5) is 4.79 Å². The van der Waals surface area contributed by atoms with Gasteiger partial charge in [0.1, 0.15) is 0 Å². The maximum Gasteiger partial charge on any atom is 0.317 e. The smallest absolute Gasteiger partial charge is 0.317 e. The van der Waals surface area contributed by atoms with Crippen molar-refractivity contribution in [3.63, 3.8) is 0 Å². The predicted molar refractivity (Wildman–Crippen MR) is 102 cm³/mol. The van der Waals surface area contributed by atoms with E-state index in [-0.39, 0.29) is 11.9 Å². The summed E-state index contributed by atoms with van der Waals surface area (Å²) in [7, 11) is 3.46. The van der Waals surface area contributed by atoms with Crippen LogP contribution in [-0.4, -0.2) is 79.5 Å². The molecule has 0 aromatic heterocycles. The first kappa shape index (κ1) is 18.7. The third-order valence-electron chi connectivity index (χ3n) is 5.55. The molecule has 3 rings (SSSR count). The van der Waals surface area contributed by atoms with Gasteiger partial charge in [-0.05, 0) is 30.4 Å². The fourth-order valence-electron chi connectivity index (χ4n) is 3.89. The summed E-state index contributed by atoms with van der Waals surface area (Å²) in [6, 6.07) is 9.29. The lowest BCUT2D eigenvalue weighted by molar-refractivity contribution is -0.128. The van der Waals surface area contributed by atoms with Crippen LogP contribution >= 0.6 is 0 Å². The highest BCUT2D eigenvalue weighted by Gasteiger charge is 2.28. The van der Waals surface area contributed by atoms with Crippen LogP contribution in [0.3, 0.4) is 0 Å². The van der Waals surface area contributed by atoms with E-state index in [0.717, 1.165) is 39.0 Å². The molecular weight excluding hydrogens is 328 g/mol. The lowest BCUT2D eigenvalue weighted by atomic mass is 9.87. The lowest BCUT2D eigenvalue weighted by Crippen LogP contribution is -2.55. The van der Waals surface area contributed by atoms with Crippen molar-refractivity contribution in [3.05, 3.63) is 35.4 Å². The van der Waals surface area contributed by atoms with E-state index in [9.17, 15) is 9.59 Å². The molecule has 1 heterocycles. The number of nitrogens with zero attached hydrogens (tertiary/aromatic N) is 3. The van der Waals surface area contributed by atoms with Gasteiger partial charge >= 0.3 is 6.03 Å². The van der Waals surface area contributed by atoms with Gasteiger partial charge in [0.05, 0.1) is 0 Å². The van der Waals surface area contributed by atoms with E-state index in [1.54, 1.807) is 19.0 Å². The number of carbonyl (C=O) groups is 2. The molecule has 0 spiro atoms. The molecule has 3 amide bonds. The average molecular weight is 358 g/mol. The zero-order valence-corrected chi connectivity index (χ0v) is 15.9. The van der Waals surface area contributed by atoms with E-state index in [4.69, 9.17) is 0 Å². The van der Waals surface area contributed by atoms with E-state index < -0.39 is 0 Å². The molecule has 1 aliphatic heterocycles. The van der Waals surface area contributed by atoms with Gasteiger partial charge in [-0.1, -0.05) is 24.3 Å². The van der Waals surface area contributed by atoms with Gasteiger partial charge in [0, 0.05) is 59.3 Å². The minimum absolute atomic E-state index is 0.0349. The Morgan fingerprint density at radius 3 is 2.50 bits per heavy atom. The summed E-state index contributed by atoms with van der Waals surface area (Å²) in [6.45, 7) is 3.76. The number of fused-ring (bicyclic) bond motifs is 1. The number of hydrogen-bond acceptors (Lipinski definition) is 3. The Kier molecular flexibility index (Phi) is 6.14. The number of benzene rings is 1. The van der Waals surface area contributed by atoms with Gasteiger partial charge in [0.25, 0.3) is 0 Å². The number of amides is 3. The van der Waals surface area contributed by atoms with Gasteiger partial charge in [-0.25, -0.2) is 4.79 Å². The van der Waals surface area contributed by atoms with Crippen molar-refractivity contribution in [3.8, 4) is 0 Å². The molecule has 1 atom stereocenters. The summed E-state index contributed by atoms with van der Waals surface area (Å²) >= 11 is 0. The second-order valence-corrected chi connectivity index (χ2v) is 7.46. The highest BCUT2D eigenvalue weighted by atomic mass is 16.2. The molecule has 1 N–H and O–H groups in total. The van der Waals surface area contributed by atoms with E-state index >= 15 is 0 Å². The quantitative estimate of drug-likeness (QED) is 0.884. The van der Waals surface area contributed by atoms with Gasteiger partial charge in [0.2, 0.25) is 5.91 Å². The van der Waals surface area contributed by atoms with Crippen LogP contribution in [0.25, 0.3) is 0 Å². The largest absolute Gasteiger partial charge is 0.349 e. The topological polar surface area (TPSA) is 55.9 Å². The van der Waals surface area contributed by atoms with Crippen molar-refractivity contribution in [2.45, 2.75) is 31.7 Å². The molecule has 1 fully saturated rings. The fourth-order valence-corrected chi connectivity index (χ4v) is 3.89. The second kappa shape index (κ2) is 8.54. The number of hydrogen-bond donors (Lipinski definition) is 1. The summed E-state index contributed by atoms with van der Waals surface area (Å²) in [6.07, 6.45) is 3.83. The van der Waals surface area contributed by atoms with Crippen LogP contribution in [0.5, 0.6) is 0 Å². The maximum absolute atomic E-state index is 12.3. The minimum Gasteiger partial charge on any atom is -0.349 e. The van der Waals surface area contributed by atoms with Gasteiger partial charge in [-0.3, -0.25) is 9.69 Å². The van der Waals surface area contributed by atoms with Crippen LogP contribution in [0, 0.1) is 0 Å². The SMILES string of the molecule is CN(C)C(=O)CCNC(=O)N1CCN([C@H]2CCc3ccccc3C2)CC1. The highest BCUT2D eigenvalue weighted by Crippen LogP contribution is 2.25. The van der Waals surface area contributed by atoms with E-state index in [1.807, 2.05) is 4.90 Å². The first-order valence-corrected chi connectivity index (χ1v) is 9.58. The Morgan fingerprint density at radius 1 is 1.12 bits per heavy atom. The van der Waals surface area contributed by atoms with Crippen LogP contribution in [0.2, 0.25) is 0 Å². The number of urea groups is 1. The van der Waals surface area contributed by atoms with Gasteiger partial charge in [0.15, 0.2) is 0 Å². The summed E-state index contributed by atoms with van der Waals surface area (Å²) < 4.78 is 0. The standard InChI is InChI=1S/C20H30N4O2/c1-22(2)19(25)9-10-21-20(26)24-13-11-23(12-14-24)18-8-7-16-5-3-4-6-17(16)15-18/h3-6,18H,7-15H2,1-2H3,(H,21,26)/t18-/m0/s1. The molecule has 1 aromatic rings. The zero-order chi connectivity index (χ0) is 18.5. The van der Waals surface area contributed by atoms with Gasteiger partial charge in [-0.2, -0.15) is 0 Å². The van der Waals surface area contributed by atoms with E-state index in [2.05, 4.69) is 34.5 Å². The molecule has 6 heteroatoms. The Morgan fingerprint density at radius 2 is 1.81 bits per heavy atom. The third kappa shape index (κ3) is 4.55. The first-order chi connectivity index (χ1) is 12.5. The summed E-state index contributed by atoms with van der Waals surface area (Å²) in [4.78, 5) is 29.8. The summed E-state index contributed by atoms with van der Waals surface area (Å²) in [5.74, 6) is 0.0349. The van der Waals surface area contributed by atoms with E-state index in [1.165, 1.54) is 17.5 Å². The molecule has 2 aliphatic rings. The van der Waals surface area contributed by atoms with Crippen LogP contribution < -0.4 is 5.32 Å². The Hall–Kier alpha value is -2.08. The van der Waals surface area contributed by atoms with Crippen molar-refractivity contribution >= 4 is 11.9 Å². The molecule has 1 saturated heterocycles. The molecule has 0 bridgehead atoms. The normalized spacial score (nSPS) is 20.4. The number of rotatable bonds is 4. The molecule has 0 saturated carbocycles. The van der Waals surface area contributed by atoms with Crippen molar-refractivity contribution in [1.82, 2.24) is 20.0 Å². The maximum atomic E-state index is 12.3. The third-order valence-corrected chi connectivity index (χ3v) is 5.55. The Labute approximate surface area is 156 Å². The molecule has 0 radical (unpaired) electrons. The number of carbonyl (C=O) groups excluding carboxylic acids is 2. The first-order valence-electron chi connectivity index (χ1n) is 9.58. The molecular formula is C20H30N4O2. The Bertz CT molecular complexity index is 638. The average Bonchev–Trinajstić information content (AvgIpc) is 2.67. The van der Waals surface area contributed by atoms with Crippen molar-refractivity contribution in [1.29, 1.82) is 0 Å². The van der Waals surface area contributed by atoms with E-state index in [0.29, 0.717) is 19.0 Å². The molecule has 1 aliphatic carbocycles. The van der Waals surface area contributed by atoms with Gasteiger partial charge < -0.3 is 15.1 Å². The summed E-state index contributed by atoms with van der Waals surface area (Å²) in [5.41, 5.74) is 2.98. The number of piperazine rings is 1. The molecule has 6 nitrogen and oxygen atoms in total. The summed E-state index contributed by atoms with van der Waals surface area (Å²) in [5, 5.41) is 2.87. The van der Waals surface area contributed by atoms with Crippen LogP contribution in [-0.2, 0) is 17.6 Å². The lowest BCUT2D eigenvalue weighted by Gasteiger charge is -2.41. The predicted octanol–water partition coefficient (Wildman–Crippen LogP) is 1.35. The van der Waals surface area contributed by atoms with Crippen LogP contribution in [0.1, 0.15) is 24.0 Å². The molecule has 142 valence electrons. The van der Waals surface area contributed by atoms with Crippen LogP contribution in [0.15, 0.2) is 24.3 Å². The van der Waals surface area contributed by atoms with Crippen molar-refractivity contribution in [2.24, 2.45) is 0 Å². The molecule has 26 heavy (non-hydrogen) atoms. The number of aryl methyl sites for hydroxylation is 1. The zero-order valence-electron chi connectivity index (χ0n) is 15.9. The molecule has 0 unspecified atom stereocenters. The fraction of sp³-hybridized carbons (Fsp3) is 0.600. The second-order valence-electron chi connectivity index (χ2n) is 7.46. The minimum atomic E-state index is -0.0507. The van der Waals surface area contributed by atoms with Crippen molar-refractivity contribution in [2.75, 3.05) is 46.8 Å². The monoisotopic (exact) mass is 358 g/mol.